The summed E-state index contributed by atoms with van der Waals surface area (Å²) in [5.41, 5.74) is 0. The Hall–Kier alpha value is -0.400. The van der Waals surface area contributed by atoms with Gasteiger partial charge < -0.3 is 9.47 Å². The maximum Gasteiger partial charge on any atom is 0.449 e. The van der Waals surface area contributed by atoms with E-state index in [1.54, 1.807) is 0 Å². The van der Waals surface area contributed by atoms with E-state index in [4.69, 9.17) is 0 Å². The van der Waals surface area contributed by atoms with Crippen molar-refractivity contribution in [1.82, 2.24) is 0 Å². The first-order chi connectivity index (χ1) is 6.82. The number of ether oxygens (including phenoxy) is 2. The zero-order chi connectivity index (χ0) is 11.3. The third kappa shape index (κ3) is 1.83. The molecule has 2 nitrogen and oxygen atoms in total. The van der Waals surface area contributed by atoms with Crippen LogP contribution in [0.5, 0.6) is 0 Å². The normalized spacial score (nSPS) is 37.0. The summed E-state index contributed by atoms with van der Waals surface area (Å²) in [4.78, 5) is 0. The van der Waals surface area contributed by atoms with Gasteiger partial charge in [-0.25, -0.2) is 0 Å². The molecule has 0 aromatic heterocycles. The van der Waals surface area contributed by atoms with Crippen LogP contribution in [0.2, 0.25) is 0 Å². The van der Waals surface area contributed by atoms with Crippen molar-refractivity contribution in [3.05, 3.63) is 22.7 Å². The Morgan fingerprint density at radius 2 is 1.60 bits per heavy atom. The highest BCUT2D eigenvalue weighted by atomic mass is 79.9. The van der Waals surface area contributed by atoms with Crippen LogP contribution in [0.4, 0.5) is 17.6 Å². The van der Waals surface area contributed by atoms with Crippen LogP contribution in [0.3, 0.4) is 0 Å². The van der Waals surface area contributed by atoms with Gasteiger partial charge in [0, 0.05) is 4.48 Å². The van der Waals surface area contributed by atoms with Crippen molar-refractivity contribution in [2.45, 2.75) is 24.4 Å². The molecule has 84 valence electrons. The van der Waals surface area contributed by atoms with Gasteiger partial charge in [0.05, 0.1) is 0 Å². The van der Waals surface area contributed by atoms with Crippen molar-refractivity contribution in [2.24, 2.45) is 0 Å². The van der Waals surface area contributed by atoms with Crippen LogP contribution in [-0.2, 0) is 9.47 Å². The number of fused-ring (bicyclic) bond motifs is 1. The molecule has 0 aromatic carbocycles. The molecule has 15 heavy (non-hydrogen) atoms. The quantitative estimate of drug-likeness (QED) is 0.638. The maximum atomic E-state index is 12.7. The lowest BCUT2D eigenvalue weighted by Crippen LogP contribution is -2.57. The monoisotopic (exact) mass is 288 g/mol. The lowest BCUT2D eigenvalue weighted by molar-refractivity contribution is -0.478. The number of alkyl halides is 4. The minimum atomic E-state index is -4.61. The van der Waals surface area contributed by atoms with Crippen LogP contribution in [0.25, 0.3) is 0 Å². The molecule has 0 N–H and O–H groups in total. The van der Waals surface area contributed by atoms with E-state index in [2.05, 4.69) is 25.4 Å². The first-order valence-electron chi connectivity index (χ1n) is 3.99. The molecule has 0 amide bonds. The van der Waals surface area contributed by atoms with E-state index in [0.717, 1.165) is 0 Å². The van der Waals surface area contributed by atoms with Gasteiger partial charge in [-0.2, -0.15) is 17.6 Å². The van der Waals surface area contributed by atoms with Crippen LogP contribution in [0.1, 0.15) is 0 Å². The van der Waals surface area contributed by atoms with Crippen molar-refractivity contribution in [3.63, 3.8) is 0 Å². The van der Waals surface area contributed by atoms with Crippen LogP contribution in [0, 0.1) is 0 Å². The minimum absolute atomic E-state index is 0.480. The minimum Gasteiger partial charge on any atom is -0.303 e. The van der Waals surface area contributed by atoms with Gasteiger partial charge in [-0.15, -0.1) is 0 Å². The molecule has 2 rings (SSSR count). The molecule has 0 aromatic rings. The van der Waals surface area contributed by atoms with E-state index in [0.29, 0.717) is 4.48 Å². The zero-order valence-corrected chi connectivity index (χ0v) is 8.68. The second kappa shape index (κ2) is 3.29. The molecular weight excluding hydrogens is 284 g/mol. The maximum absolute atomic E-state index is 12.7. The SMILES string of the molecule is FC1(F)OC2C=CC(Br)=CC2OC1(F)F. The standard InChI is InChI=1S/C8H5BrF4O2/c9-4-1-2-5-6(3-4)15-8(12,13)7(10,11)14-5/h1-3,5-6H. The summed E-state index contributed by atoms with van der Waals surface area (Å²) in [5, 5.41) is 0. The molecule has 0 bridgehead atoms. The first-order valence-corrected chi connectivity index (χ1v) is 4.78. The van der Waals surface area contributed by atoms with Crippen LogP contribution in [-0.4, -0.2) is 24.4 Å². The summed E-state index contributed by atoms with van der Waals surface area (Å²) in [6, 6.07) is 0. The van der Waals surface area contributed by atoms with Gasteiger partial charge in [0.2, 0.25) is 0 Å². The molecule has 0 saturated carbocycles. The Balaban J connectivity index is 2.26. The predicted octanol–water partition coefficient (Wildman–Crippen LogP) is 2.80. The Bertz CT molecular complexity index is 340. The van der Waals surface area contributed by atoms with Gasteiger partial charge in [-0.3, -0.25) is 0 Å². The van der Waals surface area contributed by atoms with Gasteiger partial charge in [0.25, 0.3) is 0 Å². The van der Waals surface area contributed by atoms with E-state index < -0.39 is 24.4 Å². The average molecular weight is 289 g/mol. The number of rotatable bonds is 0. The lowest BCUT2D eigenvalue weighted by Gasteiger charge is -2.39. The predicted molar refractivity (Wildman–Crippen MR) is 45.8 cm³/mol. The lowest BCUT2D eigenvalue weighted by atomic mass is 10.1. The topological polar surface area (TPSA) is 18.5 Å². The van der Waals surface area contributed by atoms with Gasteiger partial charge in [-0.05, 0) is 12.2 Å². The Morgan fingerprint density at radius 3 is 2.20 bits per heavy atom. The van der Waals surface area contributed by atoms with Crippen molar-refractivity contribution in [1.29, 1.82) is 0 Å². The van der Waals surface area contributed by atoms with E-state index in [1.807, 2.05) is 0 Å². The summed E-state index contributed by atoms with van der Waals surface area (Å²) < 4.78 is 59.3. The summed E-state index contributed by atoms with van der Waals surface area (Å²) in [6.07, 6.45) is -7.70. The highest BCUT2D eigenvalue weighted by Crippen LogP contribution is 2.44. The molecule has 2 unspecified atom stereocenters. The van der Waals surface area contributed by atoms with Gasteiger partial charge in [0.15, 0.2) is 0 Å². The molecule has 1 aliphatic heterocycles. The van der Waals surface area contributed by atoms with Crippen LogP contribution >= 0.6 is 15.9 Å². The molecule has 1 heterocycles. The Morgan fingerprint density at radius 1 is 1.07 bits per heavy atom. The van der Waals surface area contributed by atoms with Crippen LogP contribution < -0.4 is 0 Å². The molecule has 7 heteroatoms. The number of hydrogen-bond donors (Lipinski definition) is 0. The summed E-state index contributed by atoms with van der Waals surface area (Å²) in [6.45, 7) is 0. The van der Waals surface area contributed by atoms with E-state index in [-0.39, 0.29) is 0 Å². The molecule has 0 radical (unpaired) electrons. The third-order valence-corrected chi connectivity index (χ3v) is 2.53. The summed E-state index contributed by atoms with van der Waals surface area (Å²) in [7, 11) is 0. The van der Waals surface area contributed by atoms with Gasteiger partial charge in [0.1, 0.15) is 12.2 Å². The first kappa shape index (κ1) is 11.1. The largest absolute Gasteiger partial charge is 0.449 e. The van der Waals surface area contributed by atoms with Gasteiger partial charge >= 0.3 is 12.2 Å². The Kier molecular flexibility index (Phi) is 2.44. The van der Waals surface area contributed by atoms with Crippen molar-refractivity contribution < 1.29 is 27.0 Å². The fourth-order valence-electron chi connectivity index (χ4n) is 1.29. The smallest absolute Gasteiger partial charge is 0.303 e. The zero-order valence-electron chi connectivity index (χ0n) is 7.09. The molecule has 2 atom stereocenters. The number of halogens is 5. The number of hydrogen-bond acceptors (Lipinski definition) is 2. The van der Waals surface area contributed by atoms with Crippen molar-refractivity contribution in [3.8, 4) is 0 Å². The highest BCUT2D eigenvalue weighted by molar-refractivity contribution is 9.11. The number of allylic oxidation sites excluding steroid dienone is 2. The fraction of sp³-hybridized carbons (Fsp3) is 0.500. The molecule has 2 aliphatic rings. The second-order valence-corrected chi connectivity index (χ2v) is 4.02. The highest BCUT2D eigenvalue weighted by Gasteiger charge is 2.65. The molecule has 1 aliphatic carbocycles. The summed E-state index contributed by atoms with van der Waals surface area (Å²) >= 11 is 3.02. The molecular formula is C8H5BrF4O2. The van der Waals surface area contributed by atoms with Crippen molar-refractivity contribution in [2.75, 3.05) is 0 Å². The van der Waals surface area contributed by atoms with Gasteiger partial charge in [-0.1, -0.05) is 22.0 Å². The van der Waals surface area contributed by atoms with E-state index >= 15 is 0 Å². The summed E-state index contributed by atoms with van der Waals surface area (Å²) in [5.74, 6) is 0. The second-order valence-electron chi connectivity index (χ2n) is 3.11. The molecule has 1 saturated heterocycles. The average Bonchev–Trinajstić information content (AvgIpc) is 2.07. The third-order valence-electron chi connectivity index (χ3n) is 2.00. The van der Waals surface area contributed by atoms with E-state index in [1.165, 1.54) is 18.2 Å². The van der Waals surface area contributed by atoms with Crippen molar-refractivity contribution >= 4 is 15.9 Å². The Labute approximate surface area is 90.7 Å². The van der Waals surface area contributed by atoms with E-state index in [9.17, 15) is 17.6 Å². The molecule has 0 spiro atoms. The fourth-order valence-corrected chi connectivity index (χ4v) is 1.70. The molecule has 1 fully saturated rings. The van der Waals surface area contributed by atoms with Crippen LogP contribution in [0.15, 0.2) is 22.7 Å².